The Labute approximate surface area is 140 Å². The van der Waals surface area contributed by atoms with Gasteiger partial charge in [0, 0.05) is 18.9 Å². The number of carbonyl (C=O) groups excluding carboxylic acids is 1. The SMILES string of the molecule is COc1ccc(CNC(=O)COc2cccn3cc(C)nc23)cc1. The molecule has 3 aromatic rings. The van der Waals surface area contributed by atoms with Crippen LogP contribution in [0, 0.1) is 6.92 Å². The van der Waals surface area contributed by atoms with Crippen LogP contribution in [0.3, 0.4) is 0 Å². The second-order valence-corrected chi connectivity index (χ2v) is 5.40. The number of aromatic nitrogens is 2. The van der Waals surface area contributed by atoms with Crippen molar-refractivity contribution in [1.82, 2.24) is 14.7 Å². The fraction of sp³-hybridized carbons (Fsp3) is 0.222. The Kier molecular flexibility index (Phi) is 4.65. The molecule has 1 amide bonds. The van der Waals surface area contributed by atoms with E-state index in [4.69, 9.17) is 9.47 Å². The quantitative estimate of drug-likeness (QED) is 0.755. The van der Waals surface area contributed by atoms with E-state index in [9.17, 15) is 4.79 Å². The molecule has 0 fully saturated rings. The van der Waals surface area contributed by atoms with Gasteiger partial charge in [-0.25, -0.2) is 4.98 Å². The van der Waals surface area contributed by atoms with Gasteiger partial charge in [-0.05, 0) is 36.8 Å². The highest BCUT2D eigenvalue weighted by Crippen LogP contribution is 2.18. The molecule has 3 rings (SSSR count). The van der Waals surface area contributed by atoms with E-state index in [1.165, 1.54) is 0 Å². The summed E-state index contributed by atoms with van der Waals surface area (Å²) in [5.74, 6) is 1.19. The number of nitrogens with zero attached hydrogens (tertiary/aromatic N) is 2. The highest BCUT2D eigenvalue weighted by atomic mass is 16.5. The topological polar surface area (TPSA) is 64.9 Å². The lowest BCUT2D eigenvalue weighted by Gasteiger charge is -2.09. The van der Waals surface area contributed by atoms with Gasteiger partial charge >= 0.3 is 0 Å². The van der Waals surface area contributed by atoms with E-state index in [1.54, 1.807) is 13.2 Å². The molecule has 1 N–H and O–H groups in total. The van der Waals surface area contributed by atoms with Crippen molar-refractivity contribution in [2.24, 2.45) is 0 Å². The standard InChI is InChI=1S/C18H19N3O3/c1-13-11-21-9-3-4-16(18(21)20-13)24-12-17(22)19-10-14-5-7-15(23-2)8-6-14/h3-9,11H,10,12H2,1-2H3,(H,19,22). The lowest BCUT2D eigenvalue weighted by Crippen LogP contribution is -2.28. The number of fused-ring (bicyclic) bond motifs is 1. The Hall–Kier alpha value is -3.02. The third-order valence-electron chi connectivity index (χ3n) is 3.57. The van der Waals surface area contributed by atoms with E-state index in [1.807, 2.05) is 54.0 Å². The van der Waals surface area contributed by atoms with Gasteiger partial charge in [0.1, 0.15) is 5.75 Å². The van der Waals surface area contributed by atoms with E-state index in [2.05, 4.69) is 10.3 Å². The zero-order valence-corrected chi connectivity index (χ0v) is 13.7. The molecular formula is C18H19N3O3. The number of imidazole rings is 1. The number of ether oxygens (including phenoxy) is 2. The number of hydrogen-bond donors (Lipinski definition) is 1. The van der Waals surface area contributed by atoms with Crippen LogP contribution in [0.4, 0.5) is 0 Å². The molecule has 0 radical (unpaired) electrons. The lowest BCUT2D eigenvalue weighted by molar-refractivity contribution is -0.123. The van der Waals surface area contributed by atoms with Gasteiger partial charge in [0.25, 0.3) is 5.91 Å². The zero-order valence-electron chi connectivity index (χ0n) is 13.7. The Morgan fingerprint density at radius 2 is 2.04 bits per heavy atom. The van der Waals surface area contributed by atoms with Crippen LogP contribution in [-0.2, 0) is 11.3 Å². The van der Waals surface area contributed by atoms with Crippen molar-refractivity contribution in [1.29, 1.82) is 0 Å². The Balaban J connectivity index is 1.54. The summed E-state index contributed by atoms with van der Waals surface area (Å²) >= 11 is 0. The molecule has 2 heterocycles. The zero-order chi connectivity index (χ0) is 16.9. The van der Waals surface area contributed by atoms with Crippen molar-refractivity contribution in [2.75, 3.05) is 13.7 Å². The van der Waals surface area contributed by atoms with Crippen molar-refractivity contribution in [3.8, 4) is 11.5 Å². The largest absolute Gasteiger partial charge is 0.497 e. The van der Waals surface area contributed by atoms with Crippen LogP contribution in [0.15, 0.2) is 48.8 Å². The van der Waals surface area contributed by atoms with Crippen molar-refractivity contribution in [2.45, 2.75) is 13.5 Å². The number of rotatable bonds is 6. The Morgan fingerprint density at radius 3 is 2.79 bits per heavy atom. The van der Waals surface area contributed by atoms with Crippen LogP contribution in [0.1, 0.15) is 11.3 Å². The summed E-state index contributed by atoms with van der Waals surface area (Å²) in [6.45, 7) is 2.30. The van der Waals surface area contributed by atoms with Crippen LogP contribution in [-0.4, -0.2) is 29.0 Å². The number of carbonyl (C=O) groups is 1. The molecule has 0 aliphatic carbocycles. The molecule has 0 saturated heterocycles. The van der Waals surface area contributed by atoms with Crippen LogP contribution < -0.4 is 14.8 Å². The molecule has 6 nitrogen and oxygen atoms in total. The number of benzene rings is 1. The van der Waals surface area contributed by atoms with Crippen molar-refractivity contribution >= 4 is 11.6 Å². The maximum Gasteiger partial charge on any atom is 0.258 e. The molecule has 0 spiro atoms. The summed E-state index contributed by atoms with van der Waals surface area (Å²) in [6, 6.07) is 11.2. The van der Waals surface area contributed by atoms with Crippen molar-refractivity contribution < 1.29 is 14.3 Å². The van der Waals surface area contributed by atoms with E-state index < -0.39 is 0 Å². The number of nitrogens with one attached hydrogen (secondary N) is 1. The molecule has 0 saturated carbocycles. The van der Waals surface area contributed by atoms with Gasteiger partial charge in [-0.15, -0.1) is 0 Å². The minimum Gasteiger partial charge on any atom is -0.497 e. The fourth-order valence-electron chi connectivity index (χ4n) is 2.36. The minimum atomic E-state index is -0.184. The monoisotopic (exact) mass is 325 g/mol. The lowest BCUT2D eigenvalue weighted by atomic mass is 10.2. The minimum absolute atomic E-state index is 0.0538. The predicted molar refractivity (Wildman–Crippen MR) is 90.3 cm³/mol. The molecule has 2 aromatic heterocycles. The van der Waals surface area contributed by atoms with Gasteiger partial charge in [0.2, 0.25) is 0 Å². The summed E-state index contributed by atoms with van der Waals surface area (Å²) < 4.78 is 12.6. The Bertz CT molecular complexity index is 840. The van der Waals surface area contributed by atoms with Gasteiger partial charge < -0.3 is 19.2 Å². The van der Waals surface area contributed by atoms with Gasteiger partial charge in [0.05, 0.1) is 12.8 Å². The first-order chi connectivity index (χ1) is 11.7. The van der Waals surface area contributed by atoms with Gasteiger partial charge in [-0.2, -0.15) is 0 Å². The van der Waals surface area contributed by atoms with E-state index >= 15 is 0 Å². The first-order valence-electron chi connectivity index (χ1n) is 7.62. The summed E-state index contributed by atoms with van der Waals surface area (Å²) in [4.78, 5) is 16.4. The van der Waals surface area contributed by atoms with Crippen LogP contribution in [0.25, 0.3) is 5.65 Å². The van der Waals surface area contributed by atoms with Crippen molar-refractivity contribution in [3.05, 3.63) is 60.0 Å². The highest BCUT2D eigenvalue weighted by molar-refractivity contribution is 5.77. The van der Waals surface area contributed by atoms with E-state index in [0.717, 1.165) is 17.0 Å². The van der Waals surface area contributed by atoms with Gasteiger partial charge in [-0.3, -0.25) is 4.79 Å². The van der Waals surface area contributed by atoms with Crippen LogP contribution >= 0.6 is 0 Å². The summed E-state index contributed by atoms with van der Waals surface area (Å²) in [6.07, 6.45) is 3.80. The smallest absolute Gasteiger partial charge is 0.258 e. The number of hydrogen-bond acceptors (Lipinski definition) is 4. The second kappa shape index (κ2) is 7.04. The molecule has 0 aliphatic heterocycles. The maximum absolute atomic E-state index is 12.0. The molecule has 124 valence electrons. The second-order valence-electron chi connectivity index (χ2n) is 5.40. The molecule has 6 heteroatoms. The number of pyridine rings is 1. The number of methoxy groups -OCH3 is 1. The maximum atomic E-state index is 12.0. The third-order valence-corrected chi connectivity index (χ3v) is 3.57. The molecule has 24 heavy (non-hydrogen) atoms. The molecule has 0 unspecified atom stereocenters. The highest BCUT2D eigenvalue weighted by Gasteiger charge is 2.08. The molecule has 1 aromatic carbocycles. The predicted octanol–water partition coefficient (Wildman–Crippen LogP) is 2.35. The van der Waals surface area contributed by atoms with Gasteiger partial charge in [0.15, 0.2) is 18.0 Å². The van der Waals surface area contributed by atoms with Crippen molar-refractivity contribution in [3.63, 3.8) is 0 Å². The van der Waals surface area contributed by atoms with E-state index in [-0.39, 0.29) is 12.5 Å². The summed E-state index contributed by atoms with van der Waals surface area (Å²) in [5.41, 5.74) is 2.60. The third kappa shape index (κ3) is 3.65. The van der Waals surface area contributed by atoms with E-state index in [0.29, 0.717) is 17.9 Å². The van der Waals surface area contributed by atoms with Crippen LogP contribution in [0.2, 0.25) is 0 Å². The number of aryl methyl sites for hydroxylation is 1. The molecular weight excluding hydrogens is 306 g/mol. The average Bonchev–Trinajstić information content (AvgIpc) is 2.99. The fourth-order valence-corrected chi connectivity index (χ4v) is 2.36. The average molecular weight is 325 g/mol. The summed E-state index contributed by atoms with van der Waals surface area (Å²) in [5, 5.41) is 2.83. The van der Waals surface area contributed by atoms with Crippen LogP contribution in [0.5, 0.6) is 11.5 Å². The molecule has 0 aliphatic rings. The number of amides is 1. The Morgan fingerprint density at radius 1 is 1.25 bits per heavy atom. The van der Waals surface area contributed by atoms with Gasteiger partial charge in [-0.1, -0.05) is 12.1 Å². The summed E-state index contributed by atoms with van der Waals surface area (Å²) in [7, 11) is 1.62. The first kappa shape index (κ1) is 15.9. The molecule has 0 bridgehead atoms. The first-order valence-corrected chi connectivity index (χ1v) is 7.62. The molecule has 0 atom stereocenters. The normalized spacial score (nSPS) is 10.6.